The number of anilines is 1. The van der Waals surface area contributed by atoms with E-state index in [1.54, 1.807) is 36.2 Å². The third-order valence-electron chi connectivity index (χ3n) is 2.55. The molecule has 0 saturated carbocycles. The lowest BCUT2D eigenvalue weighted by Gasteiger charge is -2.21. The predicted molar refractivity (Wildman–Crippen MR) is 69.5 cm³/mol. The second kappa shape index (κ2) is 5.86. The fourth-order valence-corrected chi connectivity index (χ4v) is 2.50. The van der Waals surface area contributed by atoms with Crippen molar-refractivity contribution in [3.63, 3.8) is 0 Å². The number of esters is 1. The first-order valence-electron chi connectivity index (χ1n) is 5.43. The summed E-state index contributed by atoms with van der Waals surface area (Å²) in [4.78, 5) is 13.1. The van der Waals surface area contributed by atoms with Crippen molar-refractivity contribution in [2.45, 2.75) is 11.3 Å². The second-order valence-corrected chi connectivity index (χ2v) is 5.97. The van der Waals surface area contributed by atoms with Crippen molar-refractivity contribution in [1.29, 1.82) is 0 Å². The zero-order valence-corrected chi connectivity index (χ0v) is 11.5. The average Bonchev–Trinajstić information content (AvgIpc) is 2.34. The summed E-state index contributed by atoms with van der Waals surface area (Å²) in [5.41, 5.74) is 0.587. The van der Waals surface area contributed by atoms with E-state index in [0.717, 1.165) is 0 Å². The van der Waals surface area contributed by atoms with Crippen molar-refractivity contribution in [3.8, 4) is 0 Å². The molecule has 0 aromatic heterocycles. The van der Waals surface area contributed by atoms with Gasteiger partial charge in [0.15, 0.2) is 9.84 Å². The second-order valence-electron chi connectivity index (χ2n) is 3.99. The summed E-state index contributed by atoms with van der Waals surface area (Å²) in [6.45, 7) is 0.402. The van der Waals surface area contributed by atoms with E-state index in [2.05, 4.69) is 4.74 Å². The van der Waals surface area contributed by atoms with Gasteiger partial charge in [-0.05, 0) is 12.1 Å². The molecule has 0 aliphatic carbocycles. The molecule has 0 unspecified atom stereocenters. The summed E-state index contributed by atoms with van der Waals surface area (Å²) in [5.74, 6) is -0.321. The molecule has 6 heteroatoms. The van der Waals surface area contributed by atoms with Crippen molar-refractivity contribution in [2.24, 2.45) is 0 Å². The first-order valence-corrected chi connectivity index (χ1v) is 7.32. The fraction of sp³-hybridized carbons (Fsp3) is 0.417. The Bertz CT molecular complexity index is 525. The molecule has 5 nitrogen and oxygen atoms in total. The van der Waals surface area contributed by atoms with Crippen molar-refractivity contribution in [3.05, 3.63) is 24.3 Å². The number of ether oxygens (including phenoxy) is 1. The topological polar surface area (TPSA) is 63.7 Å². The zero-order chi connectivity index (χ0) is 13.8. The molecule has 0 spiro atoms. The summed E-state index contributed by atoms with van der Waals surface area (Å²) < 4.78 is 27.8. The van der Waals surface area contributed by atoms with Gasteiger partial charge in [-0.3, -0.25) is 4.79 Å². The van der Waals surface area contributed by atoms with Gasteiger partial charge in [-0.1, -0.05) is 12.1 Å². The Morgan fingerprint density at radius 2 is 1.94 bits per heavy atom. The van der Waals surface area contributed by atoms with Gasteiger partial charge in [0.25, 0.3) is 0 Å². The number of sulfone groups is 1. The highest BCUT2D eigenvalue weighted by Crippen LogP contribution is 2.23. The molecule has 1 aromatic carbocycles. The highest BCUT2D eigenvalue weighted by atomic mass is 32.2. The maximum atomic E-state index is 11.6. The van der Waals surface area contributed by atoms with Gasteiger partial charge in [0, 0.05) is 19.8 Å². The van der Waals surface area contributed by atoms with Crippen LogP contribution in [0.25, 0.3) is 0 Å². The van der Waals surface area contributed by atoms with Crippen LogP contribution in [0.15, 0.2) is 29.2 Å². The van der Waals surface area contributed by atoms with Gasteiger partial charge < -0.3 is 9.64 Å². The minimum absolute atomic E-state index is 0.213. The van der Waals surface area contributed by atoms with Gasteiger partial charge in [0.2, 0.25) is 0 Å². The normalized spacial score (nSPS) is 11.1. The van der Waals surface area contributed by atoms with Gasteiger partial charge >= 0.3 is 5.97 Å². The molecule has 0 amide bonds. The largest absolute Gasteiger partial charge is 0.469 e. The summed E-state index contributed by atoms with van der Waals surface area (Å²) >= 11 is 0. The van der Waals surface area contributed by atoms with Gasteiger partial charge in [-0.25, -0.2) is 8.42 Å². The van der Waals surface area contributed by atoms with Crippen LogP contribution in [0, 0.1) is 0 Å². The van der Waals surface area contributed by atoms with Crippen LogP contribution in [0.2, 0.25) is 0 Å². The summed E-state index contributed by atoms with van der Waals surface area (Å²) in [6, 6.07) is 6.71. The van der Waals surface area contributed by atoms with E-state index in [1.165, 1.54) is 13.4 Å². The molecule has 0 N–H and O–H groups in total. The Morgan fingerprint density at radius 3 is 2.50 bits per heavy atom. The molecule has 0 saturated heterocycles. The molecular formula is C12H17NO4S. The van der Waals surface area contributed by atoms with Crippen LogP contribution in [-0.4, -0.2) is 41.3 Å². The number of carbonyl (C=O) groups excluding carboxylic acids is 1. The Morgan fingerprint density at radius 1 is 1.33 bits per heavy atom. The number of hydrogen-bond donors (Lipinski definition) is 0. The summed E-state index contributed by atoms with van der Waals surface area (Å²) in [5, 5.41) is 0. The lowest BCUT2D eigenvalue weighted by Crippen LogP contribution is -2.23. The van der Waals surface area contributed by atoms with Crippen LogP contribution in [0.3, 0.4) is 0 Å². The number of benzene rings is 1. The van der Waals surface area contributed by atoms with Crippen molar-refractivity contribution < 1.29 is 17.9 Å². The Balaban J connectivity index is 2.93. The highest BCUT2D eigenvalue weighted by Gasteiger charge is 2.15. The van der Waals surface area contributed by atoms with Gasteiger partial charge in [-0.15, -0.1) is 0 Å². The minimum Gasteiger partial charge on any atom is -0.469 e. The molecule has 0 atom stereocenters. The van der Waals surface area contributed by atoms with E-state index >= 15 is 0 Å². The van der Waals surface area contributed by atoms with E-state index in [0.29, 0.717) is 12.2 Å². The van der Waals surface area contributed by atoms with Crippen LogP contribution in [-0.2, 0) is 19.4 Å². The molecule has 18 heavy (non-hydrogen) atoms. The SMILES string of the molecule is COC(=O)CCN(C)c1ccccc1S(C)(=O)=O. The minimum atomic E-state index is -3.28. The number of rotatable bonds is 5. The predicted octanol–water partition coefficient (Wildman–Crippen LogP) is 1.09. The maximum Gasteiger partial charge on any atom is 0.307 e. The molecule has 1 rings (SSSR count). The van der Waals surface area contributed by atoms with Crippen molar-refractivity contribution in [2.75, 3.05) is 31.9 Å². The van der Waals surface area contributed by atoms with Crippen LogP contribution in [0.5, 0.6) is 0 Å². The first kappa shape index (κ1) is 14.5. The summed E-state index contributed by atoms with van der Waals surface area (Å²) in [6.07, 6.45) is 1.38. The van der Waals surface area contributed by atoms with Gasteiger partial charge in [-0.2, -0.15) is 0 Å². The van der Waals surface area contributed by atoms with Gasteiger partial charge in [0.05, 0.1) is 24.1 Å². The van der Waals surface area contributed by atoms with Crippen LogP contribution in [0.4, 0.5) is 5.69 Å². The van der Waals surface area contributed by atoms with E-state index in [4.69, 9.17) is 0 Å². The molecule has 100 valence electrons. The Hall–Kier alpha value is -1.56. The lowest BCUT2D eigenvalue weighted by atomic mass is 10.3. The highest BCUT2D eigenvalue weighted by molar-refractivity contribution is 7.90. The standard InChI is InChI=1S/C12H17NO4S/c1-13(9-8-12(14)17-2)10-6-4-5-7-11(10)18(3,15)16/h4-7H,8-9H2,1-3H3. The maximum absolute atomic E-state index is 11.6. The van der Waals surface area contributed by atoms with Crippen LogP contribution >= 0.6 is 0 Å². The smallest absolute Gasteiger partial charge is 0.307 e. The first-order chi connectivity index (χ1) is 8.36. The van der Waals surface area contributed by atoms with Crippen LogP contribution in [0.1, 0.15) is 6.42 Å². The molecule has 0 radical (unpaired) electrons. The van der Waals surface area contributed by atoms with Crippen molar-refractivity contribution in [1.82, 2.24) is 0 Å². The monoisotopic (exact) mass is 271 g/mol. The number of para-hydroxylation sites is 1. The fourth-order valence-electron chi connectivity index (χ4n) is 1.57. The quantitative estimate of drug-likeness (QED) is 0.750. The van der Waals surface area contributed by atoms with E-state index in [-0.39, 0.29) is 17.3 Å². The number of carbonyl (C=O) groups is 1. The molecule has 1 aromatic rings. The molecule has 0 aliphatic heterocycles. The van der Waals surface area contributed by atoms with Crippen molar-refractivity contribution >= 4 is 21.5 Å². The molecule has 0 fully saturated rings. The van der Waals surface area contributed by atoms with Crippen LogP contribution < -0.4 is 4.90 Å². The van der Waals surface area contributed by atoms with Gasteiger partial charge in [0.1, 0.15) is 0 Å². The Kier molecular flexibility index (Phi) is 4.72. The number of methoxy groups -OCH3 is 1. The average molecular weight is 271 g/mol. The number of hydrogen-bond acceptors (Lipinski definition) is 5. The molecular weight excluding hydrogens is 254 g/mol. The molecule has 0 bridgehead atoms. The zero-order valence-electron chi connectivity index (χ0n) is 10.7. The number of nitrogens with zero attached hydrogens (tertiary/aromatic N) is 1. The van der Waals surface area contributed by atoms with E-state index < -0.39 is 9.84 Å². The van der Waals surface area contributed by atoms with E-state index in [9.17, 15) is 13.2 Å². The third-order valence-corrected chi connectivity index (χ3v) is 3.70. The van der Waals surface area contributed by atoms with E-state index in [1.807, 2.05) is 0 Å². The molecule has 0 heterocycles. The Labute approximate surface area is 107 Å². The lowest BCUT2D eigenvalue weighted by molar-refractivity contribution is -0.140. The third kappa shape index (κ3) is 3.73. The summed E-state index contributed by atoms with van der Waals surface area (Å²) in [7, 11) is -0.211. The molecule has 0 aliphatic rings.